The highest BCUT2D eigenvalue weighted by atomic mass is 16.7. The van der Waals surface area contributed by atoms with Gasteiger partial charge in [0.05, 0.1) is 24.4 Å². The van der Waals surface area contributed by atoms with E-state index in [1.165, 1.54) is 12.0 Å². The Hall–Kier alpha value is -2.19. The third kappa shape index (κ3) is 3.34. The first-order chi connectivity index (χ1) is 10.8. The van der Waals surface area contributed by atoms with E-state index < -0.39 is 0 Å². The lowest BCUT2D eigenvalue weighted by Gasteiger charge is -2.26. The largest absolute Gasteiger partial charge is 0.492 e. The van der Waals surface area contributed by atoms with Crippen molar-refractivity contribution in [3.63, 3.8) is 0 Å². The number of benzene rings is 1. The van der Waals surface area contributed by atoms with E-state index in [1.807, 2.05) is 18.2 Å². The molecule has 1 aromatic carbocycles. The van der Waals surface area contributed by atoms with E-state index in [9.17, 15) is 0 Å². The van der Waals surface area contributed by atoms with E-state index in [0.717, 1.165) is 38.6 Å². The number of ether oxygens (including phenoxy) is 2. The maximum absolute atomic E-state index is 5.81. The average Bonchev–Trinajstić information content (AvgIpc) is 2.55. The van der Waals surface area contributed by atoms with Gasteiger partial charge in [-0.05, 0) is 12.1 Å². The van der Waals surface area contributed by atoms with Gasteiger partial charge in [0.2, 0.25) is 0 Å². The molecule has 1 aliphatic heterocycles. The molecule has 0 amide bonds. The van der Waals surface area contributed by atoms with Gasteiger partial charge in [0.15, 0.2) is 7.11 Å². The molecule has 1 saturated heterocycles. The van der Waals surface area contributed by atoms with Crippen LogP contribution in [0.2, 0.25) is 0 Å². The normalized spacial score (nSPS) is 15.9. The predicted octanol–water partition coefficient (Wildman–Crippen LogP) is -0.731. The van der Waals surface area contributed by atoms with Gasteiger partial charge in [0, 0.05) is 19.6 Å². The highest BCUT2D eigenvalue weighted by Gasteiger charge is 2.16. The van der Waals surface area contributed by atoms with Gasteiger partial charge < -0.3 is 15.2 Å². The van der Waals surface area contributed by atoms with Gasteiger partial charge >= 0.3 is 5.52 Å². The van der Waals surface area contributed by atoms with E-state index in [0.29, 0.717) is 17.6 Å². The zero-order chi connectivity index (χ0) is 15.4. The van der Waals surface area contributed by atoms with Gasteiger partial charge in [-0.2, -0.15) is 0 Å². The van der Waals surface area contributed by atoms with Crippen molar-refractivity contribution >= 4 is 17.0 Å². The molecule has 0 bridgehead atoms. The van der Waals surface area contributed by atoms with Crippen LogP contribution < -0.4 is 20.2 Å². The van der Waals surface area contributed by atoms with Crippen molar-refractivity contribution in [1.82, 2.24) is 15.0 Å². The number of nitrogen functional groups attached to an aromatic ring is 1. The van der Waals surface area contributed by atoms with Crippen molar-refractivity contribution < 1.29 is 19.2 Å². The van der Waals surface area contributed by atoms with Crippen molar-refractivity contribution in [2.45, 2.75) is 0 Å². The number of nitrogens with zero attached hydrogens (tertiary/aromatic N) is 4. The summed E-state index contributed by atoms with van der Waals surface area (Å²) in [7, 11) is 1.53. The molecular weight excluding hydrogens is 286 g/mol. The first kappa shape index (κ1) is 14.7. The van der Waals surface area contributed by atoms with E-state index >= 15 is 0 Å². The Bertz CT molecular complexity index is 646. The highest BCUT2D eigenvalue weighted by Crippen LogP contribution is 2.16. The molecule has 8 heteroatoms. The quantitative estimate of drug-likeness (QED) is 0.729. The number of anilines is 1. The van der Waals surface area contributed by atoms with Crippen molar-refractivity contribution in [2.75, 3.05) is 52.3 Å². The minimum absolute atomic E-state index is 0.162. The molecule has 1 fully saturated rings. The maximum atomic E-state index is 5.81. The Morgan fingerprint density at radius 3 is 2.95 bits per heavy atom. The molecule has 0 spiro atoms. The molecule has 2 N–H and O–H groups in total. The van der Waals surface area contributed by atoms with E-state index in [2.05, 4.69) is 15.0 Å². The molecule has 1 aromatic heterocycles. The van der Waals surface area contributed by atoms with Crippen molar-refractivity contribution in [1.29, 1.82) is 0 Å². The second-order valence-electron chi connectivity index (χ2n) is 4.98. The minimum Gasteiger partial charge on any atom is -0.492 e. The molecule has 0 atom stereocenters. The maximum Gasteiger partial charge on any atom is 0.318 e. The van der Waals surface area contributed by atoms with Crippen LogP contribution in [0.1, 0.15) is 0 Å². The summed E-state index contributed by atoms with van der Waals surface area (Å²) in [5.41, 5.74) is 7.04. The lowest BCUT2D eigenvalue weighted by Crippen LogP contribution is -2.45. The molecular formula is C14H20N5O3+. The summed E-state index contributed by atoms with van der Waals surface area (Å²) in [4.78, 5) is 13.0. The van der Waals surface area contributed by atoms with Crippen LogP contribution in [-0.4, -0.2) is 61.5 Å². The minimum atomic E-state index is 0.162. The highest BCUT2D eigenvalue weighted by molar-refractivity contribution is 5.73. The molecule has 8 nitrogen and oxygen atoms in total. The molecule has 1 aliphatic rings. The number of hydrogen-bond acceptors (Lipinski definition) is 7. The average molecular weight is 306 g/mol. The van der Waals surface area contributed by atoms with Gasteiger partial charge in [-0.3, -0.25) is 4.90 Å². The zero-order valence-corrected chi connectivity index (χ0v) is 12.6. The molecule has 0 unspecified atom stereocenters. The molecule has 0 aliphatic carbocycles. The van der Waals surface area contributed by atoms with Gasteiger partial charge in [0.25, 0.3) is 5.95 Å². The second kappa shape index (κ2) is 6.71. The lowest BCUT2D eigenvalue weighted by atomic mass is 10.3. The molecule has 2 aromatic rings. The fourth-order valence-electron chi connectivity index (χ4n) is 2.39. The van der Waals surface area contributed by atoms with E-state index in [1.54, 1.807) is 0 Å². The second-order valence-corrected chi connectivity index (χ2v) is 4.98. The summed E-state index contributed by atoms with van der Waals surface area (Å²) in [6, 6.07) is 5.55. The summed E-state index contributed by atoms with van der Waals surface area (Å²) in [5.74, 6) is 0.912. The number of aromatic nitrogens is 3. The summed E-state index contributed by atoms with van der Waals surface area (Å²) < 4.78 is 11.1. The number of nitrogens with two attached hydrogens (primary N) is 1. The Morgan fingerprint density at radius 2 is 2.18 bits per heavy atom. The SMILES string of the molecule is CO[n+]1nc(N)nc2ccc(OCCN3CCOCC3)cc21. The van der Waals surface area contributed by atoms with Crippen LogP contribution in [0.4, 0.5) is 5.95 Å². The third-order valence-electron chi connectivity index (χ3n) is 3.53. The lowest BCUT2D eigenvalue weighted by molar-refractivity contribution is -0.909. The van der Waals surface area contributed by atoms with Gasteiger partial charge in [-0.15, -0.1) is 0 Å². The molecule has 2 heterocycles. The number of morpholine rings is 1. The van der Waals surface area contributed by atoms with Crippen LogP contribution in [0.3, 0.4) is 0 Å². The summed E-state index contributed by atoms with van der Waals surface area (Å²) in [6.45, 7) is 5.00. The Morgan fingerprint density at radius 1 is 1.36 bits per heavy atom. The molecule has 22 heavy (non-hydrogen) atoms. The van der Waals surface area contributed by atoms with Crippen LogP contribution in [0, 0.1) is 0 Å². The fraction of sp³-hybridized carbons (Fsp3) is 0.500. The number of hydrogen-bond donors (Lipinski definition) is 1. The summed E-state index contributed by atoms with van der Waals surface area (Å²) in [6.07, 6.45) is 0. The molecule has 0 saturated carbocycles. The van der Waals surface area contributed by atoms with Crippen LogP contribution in [0.5, 0.6) is 5.75 Å². The van der Waals surface area contributed by atoms with Gasteiger partial charge in [0.1, 0.15) is 22.7 Å². The molecule has 0 radical (unpaired) electrons. The van der Waals surface area contributed by atoms with Crippen LogP contribution >= 0.6 is 0 Å². The number of fused-ring (bicyclic) bond motifs is 1. The first-order valence-corrected chi connectivity index (χ1v) is 7.23. The Balaban J connectivity index is 1.67. The third-order valence-corrected chi connectivity index (χ3v) is 3.53. The standard InChI is InChI=1S/C14H20N5O3/c1-20-19-13-10-11(2-3-12(13)16-14(15)17-19)22-9-6-18-4-7-21-8-5-18/h2-3,10H,4-9H2,1H3,(H2,15,16,17)/q+1. The monoisotopic (exact) mass is 306 g/mol. The topological polar surface area (TPSA) is 86.6 Å². The fourth-order valence-corrected chi connectivity index (χ4v) is 2.39. The first-order valence-electron chi connectivity index (χ1n) is 7.23. The molecule has 118 valence electrons. The van der Waals surface area contributed by atoms with Crippen LogP contribution in [0.15, 0.2) is 18.2 Å². The van der Waals surface area contributed by atoms with E-state index in [-0.39, 0.29) is 5.95 Å². The smallest absolute Gasteiger partial charge is 0.318 e. The molecule has 3 rings (SSSR count). The van der Waals surface area contributed by atoms with Crippen LogP contribution in [-0.2, 0) is 4.74 Å². The summed E-state index contributed by atoms with van der Waals surface area (Å²) in [5, 5.41) is 4.00. The Kier molecular flexibility index (Phi) is 4.50. The number of rotatable bonds is 5. The predicted molar refractivity (Wildman–Crippen MR) is 79.4 cm³/mol. The van der Waals surface area contributed by atoms with Gasteiger partial charge in [-0.25, -0.2) is 9.82 Å². The Labute approximate surface area is 128 Å². The van der Waals surface area contributed by atoms with Crippen molar-refractivity contribution in [2.24, 2.45) is 0 Å². The van der Waals surface area contributed by atoms with E-state index in [4.69, 9.17) is 20.0 Å². The van der Waals surface area contributed by atoms with Crippen LogP contribution in [0.25, 0.3) is 11.0 Å². The zero-order valence-electron chi connectivity index (χ0n) is 12.6. The van der Waals surface area contributed by atoms with Gasteiger partial charge in [-0.1, -0.05) is 0 Å². The van der Waals surface area contributed by atoms with Crippen molar-refractivity contribution in [3.05, 3.63) is 18.2 Å². The summed E-state index contributed by atoms with van der Waals surface area (Å²) >= 11 is 0. The van der Waals surface area contributed by atoms with Crippen molar-refractivity contribution in [3.8, 4) is 5.75 Å².